The summed E-state index contributed by atoms with van der Waals surface area (Å²) in [6.45, 7) is -0.303. The van der Waals surface area contributed by atoms with Gasteiger partial charge in [-0.1, -0.05) is 0 Å². The maximum absolute atomic E-state index is 13.2. The zero-order chi connectivity index (χ0) is 15.2. The van der Waals surface area contributed by atoms with Gasteiger partial charge in [-0.05, 0) is 18.2 Å². The van der Waals surface area contributed by atoms with Gasteiger partial charge in [0.2, 0.25) is 10.0 Å². The largest absolute Gasteiger partial charge is 0.392 e. The Morgan fingerprint density at radius 3 is 2.65 bits per heavy atom. The first-order valence-electron chi connectivity index (χ1n) is 5.85. The number of sulfonamides is 1. The molecule has 6 nitrogen and oxygen atoms in total. The van der Waals surface area contributed by atoms with E-state index in [4.69, 9.17) is 14.6 Å². The third-order valence-corrected chi connectivity index (χ3v) is 4.11. The van der Waals surface area contributed by atoms with Gasteiger partial charge in [-0.2, -0.15) is 0 Å². The number of benzene rings is 1. The minimum Gasteiger partial charge on any atom is -0.392 e. The molecule has 20 heavy (non-hydrogen) atoms. The van der Waals surface area contributed by atoms with Crippen molar-refractivity contribution in [3.63, 3.8) is 0 Å². The average Bonchev–Trinajstić information content (AvgIpc) is 2.43. The van der Waals surface area contributed by atoms with Crippen molar-refractivity contribution in [1.29, 1.82) is 0 Å². The van der Waals surface area contributed by atoms with Crippen LogP contribution in [0.25, 0.3) is 0 Å². The van der Waals surface area contributed by atoms with Gasteiger partial charge in [0, 0.05) is 26.3 Å². The predicted molar refractivity (Wildman–Crippen MR) is 70.2 cm³/mol. The average molecular weight is 307 g/mol. The topological polar surface area (TPSA) is 84.9 Å². The highest BCUT2D eigenvalue weighted by Crippen LogP contribution is 2.15. The van der Waals surface area contributed by atoms with E-state index in [2.05, 4.69) is 4.72 Å². The van der Waals surface area contributed by atoms with Crippen LogP contribution in [0.5, 0.6) is 0 Å². The summed E-state index contributed by atoms with van der Waals surface area (Å²) >= 11 is 0. The van der Waals surface area contributed by atoms with Crippen LogP contribution in [0.1, 0.15) is 5.56 Å². The van der Waals surface area contributed by atoms with Gasteiger partial charge in [-0.25, -0.2) is 17.5 Å². The van der Waals surface area contributed by atoms with E-state index < -0.39 is 28.6 Å². The van der Waals surface area contributed by atoms with E-state index in [1.54, 1.807) is 0 Å². The van der Waals surface area contributed by atoms with Crippen LogP contribution in [0.4, 0.5) is 4.39 Å². The Morgan fingerprint density at radius 1 is 1.40 bits per heavy atom. The second kappa shape index (κ2) is 7.65. The van der Waals surface area contributed by atoms with Gasteiger partial charge >= 0.3 is 0 Å². The lowest BCUT2D eigenvalue weighted by atomic mass is 10.2. The molecule has 8 heteroatoms. The summed E-state index contributed by atoms with van der Waals surface area (Å²) in [5, 5.41) is 8.94. The van der Waals surface area contributed by atoms with Gasteiger partial charge in [0.05, 0.1) is 24.2 Å². The van der Waals surface area contributed by atoms with Crippen molar-refractivity contribution in [2.75, 3.05) is 27.4 Å². The van der Waals surface area contributed by atoms with Crippen LogP contribution in [0.15, 0.2) is 23.1 Å². The van der Waals surface area contributed by atoms with Crippen molar-refractivity contribution in [3.8, 4) is 0 Å². The first-order valence-corrected chi connectivity index (χ1v) is 7.33. The molecule has 0 spiro atoms. The number of methoxy groups -OCH3 is 2. The first-order chi connectivity index (χ1) is 9.44. The number of nitrogens with one attached hydrogen (secondary N) is 1. The Morgan fingerprint density at radius 2 is 2.10 bits per heavy atom. The molecule has 0 aliphatic carbocycles. The standard InChI is InChI=1S/C12H18FNO5S/c1-18-8-10(19-2)6-14-20(16,17)11-3-4-12(13)9(5-11)7-15/h3-5,10,14-15H,6-8H2,1-2H3. The van der Waals surface area contributed by atoms with E-state index in [9.17, 15) is 12.8 Å². The van der Waals surface area contributed by atoms with Gasteiger partial charge in [-0.3, -0.25) is 0 Å². The molecule has 1 unspecified atom stereocenters. The number of rotatable bonds is 8. The molecule has 0 fully saturated rings. The zero-order valence-corrected chi connectivity index (χ0v) is 12.1. The van der Waals surface area contributed by atoms with Crippen molar-refractivity contribution in [2.24, 2.45) is 0 Å². The van der Waals surface area contributed by atoms with E-state index in [0.717, 1.165) is 18.2 Å². The quantitative estimate of drug-likeness (QED) is 0.719. The fraction of sp³-hybridized carbons (Fsp3) is 0.500. The fourth-order valence-corrected chi connectivity index (χ4v) is 2.64. The van der Waals surface area contributed by atoms with Gasteiger partial charge in [0.1, 0.15) is 5.82 Å². The summed E-state index contributed by atoms with van der Waals surface area (Å²) in [5.41, 5.74) is -0.0759. The van der Waals surface area contributed by atoms with Crippen LogP contribution < -0.4 is 4.72 Å². The summed E-state index contributed by atoms with van der Waals surface area (Å²) in [5.74, 6) is -0.652. The number of hydrogen-bond acceptors (Lipinski definition) is 5. The van der Waals surface area contributed by atoms with Gasteiger partial charge in [-0.15, -0.1) is 0 Å². The van der Waals surface area contributed by atoms with Crippen LogP contribution in [0.2, 0.25) is 0 Å². The molecule has 114 valence electrons. The Hall–Kier alpha value is -1.06. The molecule has 0 radical (unpaired) electrons. The third kappa shape index (κ3) is 4.50. The number of ether oxygens (including phenoxy) is 2. The lowest BCUT2D eigenvalue weighted by Gasteiger charge is -2.15. The van der Waals surface area contributed by atoms with Gasteiger partial charge in [0.15, 0.2) is 0 Å². The van der Waals surface area contributed by atoms with Crippen LogP contribution in [-0.2, 0) is 26.1 Å². The number of hydrogen-bond donors (Lipinski definition) is 2. The molecule has 1 aromatic carbocycles. The molecule has 2 N–H and O–H groups in total. The highest BCUT2D eigenvalue weighted by molar-refractivity contribution is 7.89. The van der Waals surface area contributed by atoms with Crippen molar-refractivity contribution in [1.82, 2.24) is 4.72 Å². The number of aliphatic hydroxyl groups is 1. The SMILES string of the molecule is COCC(CNS(=O)(=O)c1ccc(F)c(CO)c1)OC. The maximum Gasteiger partial charge on any atom is 0.240 e. The number of aliphatic hydroxyl groups excluding tert-OH is 1. The van der Waals surface area contributed by atoms with E-state index >= 15 is 0 Å². The van der Waals surface area contributed by atoms with Gasteiger partial charge in [0.25, 0.3) is 0 Å². The number of halogens is 1. The zero-order valence-electron chi connectivity index (χ0n) is 11.3. The molecule has 0 aliphatic heterocycles. The predicted octanol–water partition coefficient (Wildman–Crippen LogP) is 0.258. The third-order valence-electron chi connectivity index (χ3n) is 2.68. The summed E-state index contributed by atoms with van der Waals surface area (Å²) in [7, 11) is -0.872. The lowest BCUT2D eigenvalue weighted by molar-refractivity contribution is 0.0320. The second-order valence-electron chi connectivity index (χ2n) is 4.08. The Kier molecular flexibility index (Phi) is 6.50. The minimum atomic E-state index is -3.80. The second-order valence-corrected chi connectivity index (χ2v) is 5.84. The van der Waals surface area contributed by atoms with Crippen LogP contribution >= 0.6 is 0 Å². The Labute approximate surface area is 117 Å². The summed E-state index contributed by atoms with van der Waals surface area (Å²) in [6, 6.07) is 3.23. The Balaban J connectivity index is 2.83. The van der Waals surface area contributed by atoms with E-state index in [0.29, 0.717) is 0 Å². The molecule has 0 aliphatic rings. The molecule has 1 rings (SSSR count). The summed E-state index contributed by atoms with van der Waals surface area (Å²) in [4.78, 5) is -0.116. The lowest BCUT2D eigenvalue weighted by Crippen LogP contribution is -2.35. The maximum atomic E-state index is 13.2. The van der Waals surface area contributed by atoms with E-state index in [1.165, 1.54) is 14.2 Å². The molecular formula is C12H18FNO5S. The smallest absolute Gasteiger partial charge is 0.240 e. The van der Waals surface area contributed by atoms with Crippen LogP contribution in [-0.4, -0.2) is 47.0 Å². The minimum absolute atomic E-state index is 0.0263. The molecule has 0 saturated carbocycles. The highest BCUT2D eigenvalue weighted by Gasteiger charge is 2.18. The van der Waals surface area contributed by atoms with E-state index in [1.807, 2.05) is 0 Å². The molecule has 1 atom stereocenters. The molecule has 0 bridgehead atoms. The molecule has 0 heterocycles. The highest BCUT2D eigenvalue weighted by atomic mass is 32.2. The van der Waals surface area contributed by atoms with Crippen LogP contribution in [0.3, 0.4) is 0 Å². The first kappa shape index (κ1) is 17.0. The molecule has 0 amide bonds. The van der Waals surface area contributed by atoms with Crippen molar-refractivity contribution < 1.29 is 27.4 Å². The monoisotopic (exact) mass is 307 g/mol. The molecular weight excluding hydrogens is 289 g/mol. The van der Waals surface area contributed by atoms with Gasteiger partial charge < -0.3 is 14.6 Å². The van der Waals surface area contributed by atoms with E-state index in [-0.39, 0.29) is 23.6 Å². The summed E-state index contributed by atoms with van der Waals surface area (Å²) < 4.78 is 49.5. The molecule has 0 aromatic heterocycles. The molecule has 1 aromatic rings. The van der Waals surface area contributed by atoms with Crippen molar-refractivity contribution in [2.45, 2.75) is 17.6 Å². The van der Waals surface area contributed by atoms with Crippen molar-refractivity contribution in [3.05, 3.63) is 29.6 Å². The normalized spacial score (nSPS) is 13.4. The fourth-order valence-electron chi connectivity index (χ4n) is 1.52. The Bertz CT molecular complexity index is 535. The molecule has 0 saturated heterocycles. The van der Waals surface area contributed by atoms with Crippen molar-refractivity contribution >= 4 is 10.0 Å². The summed E-state index contributed by atoms with van der Waals surface area (Å²) in [6.07, 6.45) is -0.424. The van der Waals surface area contributed by atoms with Crippen LogP contribution in [0, 0.1) is 5.82 Å².